The summed E-state index contributed by atoms with van der Waals surface area (Å²) < 4.78 is 39.5. The van der Waals surface area contributed by atoms with E-state index >= 15 is 0 Å². The normalized spacial score (nSPS) is 11.5. The Labute approximate surface area is 79.5 Å². The Morgan fingerprint density at radius 2 is 2.00 bits per heavy atom. The van der Waals surface area contributed by atoms with E-state index in [-0.39, 0.29) is 12.3 Å². The summed E-state index contributed by atoms with van der Waals surface area (Å²) in [6, 6.07) is 4.50. The quantitative estimate of drug-likeness (QED) is 0.804. The number of halogens is 3. The lowest BCUT2D eigenvalue weighted by Gasteiger charge is -2.12. The van der Waals surface area contributed by atoms with E-state index in [9.17, 15) is 13.2 Å². The Morgan fingerprint density at radius 1 is 1.36 bits per heavy atom. The number of benzene rings is 1. The molecule has 78 valence electrons. The zero-order chi connectivity index (χ0) is 10.8. The van der Waals surface area contributed by atoms with Crippen LogP contribution in [0.5, 0.6) is 5.75 Å². The Kier molecular flexibility index (Phi) is 3.00. The fourth-order valence-electron chi connectivity index (χ4n) is 1.01. The van der Waals surface area contributed by atoms with E-state index in [4.69, 9.17) is 5.73 Å². The van der Waals surface area contributed by atoms with E-state index < -0.39 is 6.36 Å². The molecule has 0 bridgehead atoms. The first kappa shape index (κ1) is 10.8. The molecule has 0 spiro atoms. The average Bonchev–Trinajstić information content (AvgIpc) is 2.06. The summed E-state index contributed by atoms with van der Waals surface area (Å²) in [6.45, 7) is 1.73. The Hall–Kier alpha value is -1.23. The van der Waals surface area contributed by atoms with Gasteiger partial charge >= 0.3 is 6.36 Å². The summed E-state index contributed by atoms with van der Waals surface area (Å²) in [5.41, 5.74) is 6.33. The van der Waals surface area contributed by atoms with Crippen LogP contribution in [0.25, 0.3) is 0 Å². The van der Waals surface area contributed by atoms with Crippen molar-refractivity contribution in [3.8, 4) is 5.75 Å². The van der Waals surface area contributed by atoms with Crippen LogP contribution in [0.1, 0.15) is 11.1 Å². The number of hydrogen-bond donors (Lipinski definition) is 1. The van der Waals surface area contributed by atoms with Crippen LogP contribution in [-0.4, -0.2) is 6.36 Å². The third-order valence-corrected chi connectivity index (χ3v) is 1.71. The summed E-state index contributed by atoms with van der Waals surface area (Å²) in [5, 5.41) is 0. The summed E-state index contributed by atoms with van der Waals surface area (Å²) in [6.07, 6.45) is -4.65. The molecule has 0 unspecified atom stereocenters. The summed E-state index contributed by atoms with van der Waals surface area (Å²) in [7, 11) is 0. The van der Waals surface area contributed by atoms with E-state index in [2.05, 4.69) is 4.74 Å². The molecular formula is C9H10F3NO. The highest BCUT2D eigenvalue weighted by molar-refractivity contribution is 5.36. The van der Waals surface area contributed by atoms with Gasteiger partial charge in [-0.3, -0.25) is 0 Å². The number of nitrogens with two attached hydrogens (primary N) is 1. The molecule has 0 aliphatic rings. The van der Waals surface area contributed by atoms with E-state index in [0.29, 0.717) is 11.1 Å². The number of hydrogen-bond acceptors (Lipinski definition) is 2. The standard InChI is InChI=1S/C9H10F3NO/c1-6-2-3-7(5-13)4-8(6)14-9(10,11)12/h2-4H,5,13H2,1H3. The van der Waals surface area contributed by atoms with Crippen molar-refractivity contribution in [3.63, 3.8) is 0 Å². The van der Waals surface area contributed by atoms with Gasteiger partial charge in [-0.1, -0.05) is 12.1 Å². The highest BCUT2D eigenvalue weighted by atomic mass is 19.4. The highest BCUT2D eigenvalue weighted by Crippen LogP contribution is 2.26. The van der Waals surface area contributed by atoms with Gasteiger partial charge in [-0.15, -0.1) is 13.2 Å². The van der Waals surface area contributed by atoms with Crippen LogP contribution in [0.3, 0.4) is 0 Å². The first-order valence-corrected chi connectivity index (χ1v) is 3.98. The first-order valence-electron chi connectivity index (χ1n) is 3.98. The van der Waals surface area contributed by atoms with Gasteiger partial charge in [0.1, 0.15) is 5.75 Å². The molecule has 1 aromatic carbocycles. The van der Waals surface area contributed by atoms with Crippen molar-refractivity contribution in [1.82, 2.24) is 0 Å². The topological polar surface area (TPSA) is 35.2 Å². The molecule has 2 nitrogen and oxygen atoms in total. The zero-order valence-electron chi connectivity index (χ0n) is 7.56. The van der Waals surface area contributed by atoms with Gasteiger partial charge in [-0.2, -0.15) is 0 Å². The molecule has 0 fully saturated rings. The van der Waals surface area contributed by atoms with Crippen molar-refractivity contribution in [2.45, 2.75) is 19.8 Å². The molecule has 0 amide bonds. The molecule has 0 radical (unpaired) electrons. The van der Waals surface area contributed by atoms with E-state index in [1.165, 1.54) is 6.07 Å². The Balaban J connectivity index is 2.95. The SMILES string of the molecule is Cc1ccc(CN)cc1OC(F)(F)F. The van der Waals surface area contributed by atoms with Crippen LogP contribution in [0.15, 0.2) is 18.2 Å². The molecule has 0 aliphatic carbocycles. The van der Waals surface area contributed by atoms with Crippen LogP contribution >= 0.6 is 0 Å². The molecular weight excluding hydrogens is 195 g/mol. The molecule has 14 heavy (non-hydrogen) atoms. The summed E-state index contributed by atoms with van der Waals surface area (Å²) in [4.78, 5) is 0. The zero-order valence-corrected chi connectivity index (χ0v) is 7.56. The number of rotatable bonds is 2. The second kappa shape index (κ2) is 3.88. The van der Waals surface area contributed by atoms with Crippen molar-refractivity contribution < 1.29 is 17.9 Å². The fraction of sp³-hybridized carbons (Fsp3) is 0.333. The van der Waals surface area contributed by atoms with Crippen molar-refractivity contribution >= 4 is 0 Å². The van der Waals surface area contributed by atoms with Crippen LogP contribution in [-0.2, 0) is 6.54 Å². The lowest BCUT2D eigenvalue weighted by molar-refractivity contribution is -0.274. The molecule has 0 saturated carbocycles. The molecule has 1 aromatic rings. The van der Waals surface area contributed by atoms with E-state index in [1.807, 2.05) is 0 Å². The third kappa shape index (κ3) is 2.92. The van der Waals surface area contributed by atoms with Gasteiger partial charge in [0.05, 0.1) is 0 Å². The monoisotopic (exact) mass is 205 g/mol. The van der Waals surface area contributed by atoms with Gasteiger partial charge in [0.25, 0.3) is 0 Å². The lowest BCUT2D eigenvalue weighted by Crippen LogP contribution is -2.18. The minimum absolute atomic E-state index is 0.189. The minimum Gasteiger partial charge on any atom is -0.406 e. The largest absolute Gasteiger partial charge is 0.573 e. The molecule has 0 aromatic heterocycles. The highest BCUT2D eigenvalue weighted by Gasteiger charge is 2.31. The number of alkyl halides is 3. The maximum absolute atomic E-state index is 11.9. The molecule has 0 atom stereocenters. The Morgan fingerprint density at radius 3 is 2.50 bits per heavy atom. The number of ether oxygens (including phenoxy) is 1. The Bertz CT molecular complexity index is 322. The van der Waals surface area contributed by atoms with Gasteiger partial charge in [0.15, 0.2) is 0 Å². The predicted molar refractivity (Wildman–Crippen MR) is 45.8 cm³/mol. The number of aryl methyl sites for hydroxylation is 1. The molecule has 0 saturated heterocycles. The van der Waals surface area contributed by atoms with Gasteiger partial charge in [-0.05, 0) is 24.1 Å². The predicted octanol–water partition coefficient (Wildman–Crippen LogP) is 2.35. The van der Waals surface area contributed by atoms with E-state index in [1.54, 1.807) is 19.1 Å². The van der Waals surface area contributed by atoms with Crippen LogP contribution in [0, 0.1) is 6.92 Å². The van der Waals surface area contributed by atoms with E-state index in [0.717, 1.165) is 0 Å². The van der Waals surface area contributed by atoms with Gasteiger partial charge in [0.2, 0.25) is 0 Å². The maximum Gasteiger partial charge on any atom is 0.573 e. The molecule has 1 rings (SSSR count). The smallest absolute Gasteiger partial charge is 0.406 e. The summed E-state index contributed by atoms with van der Waals surface area (Å²) in [5.74, 6) is -0.194. The second-order valence-corrected chi connectivity index (χ2v) is 2.85. The van der Waals surface area contributed by atoms with Gasteiger partial charge in [-0.25, -0.2) is 0 Å². The van der Waals surface area contributed by atoms with Crippen LogP contribution in [0.2, 0.25) is 0 Å². The maximum atomic E-state index is 11.9. The molecule has 0 aliphatic heterocycles. The third-order valence-electron chi connectivity index (χ3n) is 1.71. The van der Waals surface area contributed by atoms with Crippen molar-refractivity contribution in [2.75, 3.05) is 0 Å². The lowest BCUT2D eigenvalue weighted by atomic mass is 10.1. The van der Waals surface area contributed by atoms with Crippen LogP contribution < -0.4 is 10.5 Å². The molecule has 0 heterocycles. The van der Waals surface area contributed by atoms with Crippen molar-refractivity contribution in [2.24, 2.45) is 5.73 Å². The van der Waals surface area contributed by atoms with Gasteiger partial charge < -0.3 is 10.5 Å². The van der Waals surface area contributed by atoms with Crippen molar-refractivity contribution in [1.29, 1.82) is 0 Å². The van der Waals surface area contributed by atoms with Crippen LogP contribution in [0.4, 0.5) is 13.2 Å². The average molecular weight is 205 g/mol. The molecule has 2 N–H and O–H groups in total. The molecule has 5 heteroatoms. The summed E-state index contributed by atoms with van der Waals surface area (Å²) >= 11 is 0. The first-order chi connectivity index (χ1) is 6.42. The van der Waals surface area contributed by atoms with Crippen molar-refractivity contribution in [3.05, 3.63) is 29.3 Å². The minimum atomic E-state index is -4.65. The fourth-order valence-corrected chi connectivity index (χ4v) is 1.01. The second-order valence-electron chi connectivity index (χ2n) is 2.85. The van der Waals surface area contributed by atoms with Gasteiger partial charge in [0, 0.05) is 6.54 Å².